The maximum absolute atomic E-state index is 5.04. The highest BCUT2D eigenvalue weighted by Crippen LogP contribution is 2.42. The predicted molar refractivity (Wildman–Crippen MR) is 145 cm³/mol. The molecule has 0 saturated carbocycles. The second-order valence-corrected chi connectivity index (χ2v) is 9.16. The van der Waals surface area contributed by atoms with Crippen LogP contribution in [0.4, 0.5) is 11.4 Å². The number of hydrogen-bond donors (Lipinski definition) is 0. The van der Waals surface area contributed by atoms with Crippen molar-refractivity contribution >= 4 is 29.7 Å². The van der Waals surface area contributed by atoms with Gasteiger partial charge in [0.2, 0.25) is 0 Å². The Hall–Kier alpha value is -4.84. The number of fused-ring (bicyclic) bond motifs is 11. The summed E-state index contributed by atoms with van der Waals surface area (Å²) in [7, 11) is 0. The fourth-order valence-electron chi connectivity index (χ4n) is 5.72. The van der Waals surface area contributed by atoms with Crippen LogP contribution in [0, 0.1) is 0 Å². The standard InChI is InChI=1S/C30H20BN5/c1-3-11-21(12-4-1)27-19-32-29-31-30-33-20-28(22-13-5-2-6-14-22)35(30)24-16-8-10-18-26(24)36(31)25-17-9-7-15-23(25)34(27)29/h1-20H. The molecule has 6 heteroatoms. The lowest BCUT2D eigenvalue weighted by atomic mass is 9.55. The summed E-state index contributed by atoms with van der Waals surface area (Å²) in [6.45, 7) is -0.162. The molecular formula is C30H20BN5. The highest BCUT2D eigenvalue weighted by atomic mass is 15.3. The zero-order chi connectivity index (χ0) is 23.6. The van der Waals surface area contributed by atoms with Gasteiger partial charge in [-0.3, -0.25) is 9.13 Å². The number of rotatable bonds is 2. The van der Waals surface area contributed by atoms with Gasteiger partial charge in [0.15, 0.2) is 0 Å². The summed E-state index contributed by atoms with van der Waals surface area (Å²) >= 11 is 0. The first-order valence-electron chi connectivity index (χ1n) is 12.1. The van der Waals surface area contributed by atoms with Crippen LogP contribution in [0.1, 0.15) is 0 Å². The molecule has 5 nitrogen and oxygen atoms in total. The van der Waals surface area contributed by atoms with Crippen molar-refractivity contribution in [2.45, 2.75) is 0 Å². The summed E-state index contributed by atoms with van der Waals surface area (Å²) in [6, 6.07) is 38.2. The molecule has 4 aromatic carbocycles. The van der Waals surface area contributed by atoms with Crippen LogP contribution in [0.3, 0.4) is 0 Å². The van der Waals surface area contributed by atoms with Crippen molar-refractivity contribution in [1.29, 1.82) is 0 Å². The normalized spacial score (nSPS) is 12.9. The molecule has 168 valence electrons. The predicted octanol–water partition coefficient (Wildman–Crippen LogP) is 4.96. The Morgan fingerprint density at radius 3 is 1.28 bits per heavy atom. The van der Waals surface area contributed by atoms with Crippen LogP contribution < -0.4 is 16.3 Å². The molecule has 0 radical (unpaired) electrons. The molecule has 4 heterocycles. The van der Waals surface area contributed by atoms with E-state index in [0.29, 0.717) is 0 Å². The minimum atomic E-state index is -0.162. The van der Waals surface area contributed by atoms with Crippen LogP contribution in [-0.2, 0) is 0 Å². The van der Waals surface area contributed by atoms with Gasteiger partial charge >= 0.3 is 6.85 Å². The van der Waals surface area contributed by atoms with Gasteiger partial charge in [0.1, 0.15) is 11.4 Å². The second kappa shape index (κ2) is 7.33. The van der Waals surface area contributed by atoms with E-state index in [-0.39, 0.29) is 6.85 Å². The van der Waals surface area contributed by atoms with Gasteiger partial charge < -0.3 is 4.81 Å². The minimum absolute atomic E-state index is 0.162. The van der Waals surface area contributed by atoms with Gasteiger partial charge in [-0.15, -0.1) is 0 Å². The topological polar surface area (TPSA) is 38.9 Å². The highest BCUT2D eigenvalue weighted by Gasteiger charge is 2.47. The monoisotopic (exact) mass is 461 g/mol. The third-order valence-corrected chi connectivity index (χ3v) is 7.23. The number of anilines is 2. The van der Waals surface area contributed by atoms with Crippen LogP contribution in [-0.4, -0.2) is 25.9 Å². The Bertz CT molecular complexity index is 1620. The summed E-state index contributed by atoms with van der Waals surface area (Å²) in [6.07, 6.45) is 3.99. The Morgan fingerprint density at radius 2 is 0.833 bits per heavy atom. The average molecular weight is 461 g/mol. The van der Waals surface area contributed by atoms with E-state index in [9.17, 15) is 0 Å². The Labute approximate surface area is 209 Å². The van der Waals surface area contributed by atoms with Gasteiger partial charge in [0, 0.05) is 11.1 Å². The molecule has 6 aromatic rings. The van der Waals surface area contributed by atoms with E-state index in [1.54, 1.807) is 0 Å². The fraction of sp³-hybridized carbons (Fsp3) is 0. The van der Waals surface area contributed by atoms with Crippen molar-refractivity contribution in [1.82, 2.24) is 19.1 Å². The number of para-hydroxylation sites is 4. The molecule has 0 aliphatic carbocycles. The van der Waals surface area contributed by atoms with Crippen molar-refractivity contribution < 1.29 is 0 Å². The largest absolute Gasteiger partial charge is 0.411 e. The van der Waals surface area contributed by atoms with E-state index in [1.807, 2.05) is 24.5 Å². The molecule has 0 N–H and O–H groups in total. The van der Waals surface area contributed by atoms with E-state index in [0.717, 1.165) is 56.7 Å². The van der Waals surface area contributed by atoms with Gasteiger partial charge in [-0.25, -0.2) is 9.97 Å². The summed E-state index contributed by atoms with van der Waals surface area (Å²) in [5.74, 6) is 0. The fourth-order valence-corrected chi connectivity index (χ4v) is 5.72. The lowest BCUT2D eigenvalue weighted by molar-refractivity contribution is 1.03. The molecule has 0 amide bonds. The maximum atomic E-state index is 5.04. The van der Waals surface area contributed by atoms with Crippen LogP contribution in [0.5, 0.6) is 0 Å². The molecule has 36 heavy (non-hydrogen) atoms. The first-order chi connectivity index (χ1) is 17.9. The first-order valence-corrected chi connectivity index (χ1v) is 12.1. The van der Waals surface area contributed by atoms with Crippen molar-refractivity contribution in [3.05, 3.63) is 122 Å². The van der Waals surface area contributed by atoms with Crippen molar-refractivity contribution in [3.63, 3.8) is 0 Å². The SMILES string of the molecule is c1ccc(-c2cnc3n2-c2ccccc2N2B3c3ncc(-c4ccccc4)n3-c3ccccc32)cc1. The zero-order valence-electron chi connectivity index (χ0n) is 19.4. The number of aromatic nitrogens is 4. The molecule has 0 atom stereocenters. The Kier molecular flexibility index (Phi) is 3.96. The molecule has 8 rings (SSSR count). The van der Waals surface area contributed by atoms with Crippen LogP contribution >= 0.6 is 0 Å². The second-order valence-electron chi connectivity index (χ2n) is 9.16. The minimum Gasteiger partial charge on any atom is -0.369 e. The van der Waals surface area contributed by atoms with Crippen molar-refractivity contribution in [2.75, 3.05) is 4.81 Å². The van der Waals surface area contributed by atoms with Crippen molar-refractivity contribution in [2.24, 2.45) is 0 Å². The Balaban J connectivity index is 1.45. The van der Waals surface area contributed by atoms with Crippen LogP contribution in [0.25, 0.3) is 33.9 Å². The molecule has 0 fully saturated rings. The molecule has 2 aliphatic rings. The van der Waals surface area contributed by atoms with Gasteiger partial charge in [-0.05, 0) is 24.3 Å². The maximum Gasteiger partial charge on any atom is 0.411 e. The summed E-state index contributed by atoms with van der Waals surface area (Å²) in [4.78, 5) is 12.5. The lowest BCUT2D eigenvalue weighted by Gasteiger charge is -2.41. The summed E-state index contributed by atoms with van der Waals surface area (Å²) in [5, 5.41) is 0. The van der Waals surface area contributed by atoms with Crippen molar-refractivity contribution in [3.8, 4) is 33.9 Å². The van der Waals surface area contributed by atoms with E-state index >= 15 is 0 Å². The van der Waals surface area contributed by atoms with E-state index in [2.05, 4.69) is 111 Å². The third-order valence-electron chi connectivity index (χ3n) is 7.23. The van der Waals surface area contributed by atoms with Crippen LogP contribution in [0.2, 0.25) is 0 Å². The third kappa shape index (κ3) is 2.55. The lowest BCUT2D eigenvalue weighted by Crippen LogP contribution is -2.64. The van der Waals surface area contributed by atoms with E-state index < -0.39 is 0 Å². The Morgan fingerprint density at radius 1 is 0.444 bits per heavy atom. The molecule has 0 unspecified atom stereocenters. The number of imidazole rings is 2. The quantitative estimate of drug-likeness (QED) is 0.342. The first kappa shape index (κ1) is 19.5. The van der Waals surface area contributed by atoms with Gasteiger partial charge in [-0.1, -0.05) is 84.9 Å². The van der Waals surface area contributed by atoms with Gasteiger partial charge in [-0.2, -0.15) is 0 Å². The van der Waals surface area contributed by atoms with Gasteiger partial charge in [0.05, 0.1) is 46.5 Å². The molecular weight excluding hydrogens is 441 g/mol. The van der Waals surface area contributed by atoms with Gasteiger partial charge in [0.25, 0.3) is 0 Å². The summed E-state index contributed by atoms with van der Waals surface area (Å²) in [5.41, 5.74) is 10.9. The zero-order valence-corrected chi connectivity index (χ0v) is 19.4. The molecule has 0 bridgehead atoms. The number of hydrogen-bond acceptors (Lipinski definition) is 3. The molecule has 0 spiro atoms. The summed E-state index contributed by atoms with van der Waals surface area (Å²) < 4.78 is 4.61. The van der Waals surface area contributed by atoms with E-state index in [4.69, 9.17) is 9.97 Å². The highest BCUT2D eigenvalue weighted by molar-refractivity contribution is 6.88. The van der Waals surface area contributed by atoms with Crippen LogP contribution in [0.15, 0.2) is 122 Å². The number of nitrogens with zero attached hydrogens (tertiary/aromatic N) is 5. The molecule has 0 saturated heterocycles. The molecule has 2 aromatic heterocycles. The average Bonchev–Trinajstić information content (AvgIpc) is 3.60. The van der Waals surface area contributed by atoms with E-state index in [1.165, 1.54) is 0 Å². The number of benzene rings is 4. The molecule has 2 aliphatic heterocycles. The smallest absolute Gasteiger partial charge is 0.369 e.